The highest BCUT2D eigenvalue weighted by atomic mass is 16.5. The molecule has 1 aliphatic rings. The molecule has 0 radical (unpaired) electrons. The van der Waals surface area contributed by atoms with Crippen LogP contribution in [-0.4, -0.2) is 25.2 Å². The van der Waals surface area contributed by atoms with E-state index in [9.17, 15) is 4.79 Å². The van der Waals surface area contributed by atoms with Gasteiger partial charge in [-0.25, -0.2) is 0 Å². The van der Waals surface area contributed by atoms with E-state index in [1.54, 1.807) is 0 Å². The molecule has 1 saturated carbocycles. The molecule has 2 unspecified atom stereocenters. The fourth-order valence-corrected chi connectivity index (χ4v) is 2.53. The van der Waals surface area contributed by atoms with Crippen LogP contribution >= 0.6 is 0 Å². The summed E-state index contributed by atoms with van der Waals surface area (Å²) in [5, 5.41) is 3.49. The van der Waals surface area contributed by atoms with Crippen molar-refractivity contribution in [1.82, 2.24) is 5.32 Å². The van der Waals surface area contributed by atoms with Gasteiger partial charge in [-0.1, -0.05) is 26.2 Å². The molecule has 100 valence electrons. The maximum absolute atomic E-state index is 11.5. The molecule has 3 heteroatoms. The molecule has 1 rings (SSSR count). The summed E-state index contributed by atoms with van der Waals surface area (Å²) in [5.74, 6) is 0.662. The highest BCUT2D eigenvalue weighted by molar-refractivity contribution is 5.72. The van der Waals surface area contributed by atoms with Gasteiger partial charge in [-0.15, -0.1) is 0 Å². The first-order valence-electron chi connectivity index (χ1n) is 7.05. The van der Waals surface area contributed by atoms with Crippen molar-refractivity contribution in [3.63, 3.8) is 0 Å². The zero-order valence-electron chi connectivity index (χ0n) is 11.5. The number of nitrogens with one attached hydrogen (secondary N) is 1. The number of rotatable bonds is 6. The maximum atomic E-state index is 11.5. The van der Waals surface area contributed by atoms with Gasteiger partial charge >= 0.3 is 5.97 Å². The lowest BCUT2D eigenvalue weighted by Crippen LogP contribution is -2.39. The molecule has 2 atom stereocenters. The van der Waals surface area contributed by atoms with Gasteiger partial charge in [-0.2, -0.15) is 0 Å². The number of carbonyl (C=O) groups is 1. The van der Waals surface area contributed by atoms with Crippen LogP contribution in [-0.2, 0) is 9.53 Å². The normalized spacial score (nSPS) is 20.9. The van der Waals surface area contributed by atoms with Crippen molar-refractivity contribution >= 4 is 5.97 Å². The van der Waals surface area contributed by atoms with Gasteiger partial charge in [0.25, 0.3) is 0 Å². The van der Waals surface area contributed by atoms with E-state index in [-0.39, 0.29) is 11.9 Å². The summed E-state index contributed by atoms with van der Waals surface area (Å²) in [6.07, 6.45) is 6.79. The zero-order valence-corrected chi connectivity index (χ0v) is 11.5. The molecule has 0 aromatic rings. The van der Waals surface area contributed by atoms with Crippen LogP contribution in [0.1, 0.15) is 52.9 Å². The molecule has 0 spiro atoms. The zero-order chi connectivity index (χ0) is 12.7. The predicted octanol–water partition coefficient (Wildman–Crippen LogP) is 2.74. The Morgan fingerprint density at radius 3 is 2.53 bits per heavy atom. The van der Waals surface area contributed by atoms with Crippen molar-refractivity contribution in [1.29, 1.82) is 0 Å². The lowest BCUT2D eigenvalue weighted by atomic mass is 9.84. The van der Waals surface area contributed by atoms with Gasteiger partial charge in [-0.3, -0.25) is 4.79 Å². The fraction of sp³-hybridized carbons (Fsp3) is 0.929. The molecular formula is C14H27NO2. The molecule has 17 heavy (non-hydrogen) atoms. The summed E-state index contributed by atoms with van der Waals surface area (Å²) in [6.45, 7) is 7.23. The first kappa shape index (κ1) is 14.5. The molecule has 1 fully saturated rings. The Labute approximate surface area is 105 Å². The number of hydrogen-bond donors (Lipinski definition) is 1. The van der Waals surface area contributed by atoms with E-state index in [1.807, 2.05) is 13.8 Å². The molecule has 0 aliphatic heterocycles. The highest BCUT2D eigenvalue weighted by Gasteiger charge is 2.21. The second kappa shape index (κ2) is 7.70. The smallest absolute Gasteiger partial charge is 0.309 e. The SMILES string of the molecule is CCOC(=O)C(C)CNC(C)C1CCCCC1. The second-order valence-electron chi connectivity index (χ2n) is 5.25. The number of esters is 1. The van der Waals surface area contributed by atoms with Crippen LogP contribution in [0.4, 0.5) is 0 Å². The third-order valence-corrected chi connectivity index (χ3v) is 3.79. The number of carbonyl (C=O) groups excluding carboxylic acids is 1. The minimum atomic E-state index is -0.0872. The predicted molar refractivity (Wildman–Crippen MR) is 69.8 cm³/mol. The molecule has 0 aromatic heterocycles. The molecule has 0 aromatic carbocycles. The fourth-order valence-electron chi connectivity index (χ4n) is 2.53. The molecule has 1 aliphatic carbocycles. The summed E-state index contributed by atoms with van der Waals surface area (Å²) in [6, 6.07) is 0.521. The van der Waals surface area contributed by atoms with Crippen LogP contribution in [0.15, 0.2) is 0 Å². The van der Waals surface area contributed by atoms with E-state index in [0.29, 0.717) is 12.6 Å². The van der Waals surface area contributed by atoms with Gasteiger partial charge in [-0.05, 0) is 32.6 Å². The van der Waals surface area contributed by atoms with Gasteiger partial charge < -0.3 is 10.1 Å². The Morgan fingerprint density at radius 2 is 1.94 bits per heavy atom. The third-order valence-electron chi connectivity index (χ3n) is 3.79. The van der Waals surface area contributed by atoms with Gasteiger partial charge in [0.15, 0.2) is 0 Å². The van der Waals surface area contributed by atoms with E-state index in [4.69, 9.17) is 4.74 Å². The van der Waals surface area contributed by atoms with E-state index in [0.717, 1.165) is 12.5 Å². The van der Waals surface area contributed by atoms with E-state index < -0.39 is 0 Å². The summed E-state index contributed by atoms with van der Waals surface area (Å²) >= 11 is 0. The van der Waals surface area contributed by atoms with Gasteiger partial charge in [0.05, 0.1) is 12.5 Å². The summed E-state index contributed by atoms with van der Waals surface area (Å²) in [5.41, 5.74) is 0. The van der Waals surface area contributed by atoms with Crippen LogP contribution in [0.3, 0.4) is 0 Å². The molecule has 0 bridgehead atoms. The molecule has 3 nitrogen and oxygen atoms in total. The van der Waals surface area contributed by atoms with E-state index in [1.165, 1.54) is 32.1 Å². The Bertz CT molecular complexity index is 224. The standard InChI is InChI=1S/C14H27NO2/c1-4-17-14(16)11(2)10-15-12(3)13-8-6-5-7-9-13/h11-13,15H,4-10H2,1-3H3. The Morgan fingerprint density at radius 1 is 1.29 bits per heavy atom. The number of hydrogen-bond acceptors (Lipinski definition) is 3. The van der Waals surface area contributed by atoms with E-state index in [2.05, 4.69) is 12.2 Å². The van der Waals surface area contributed by atoms with Gasteiger partial charge in [0.1, 0.15) is 0 Å². The van der Waals surface area contributed by atoms with Gasteiger partial charge in [0.2, 0.25) is 0 Å². The lowest BCUT2D eigenvalue weighted by molar-refractivity contribution is -0.147. The van der Waals surface area contributed by atoms with Crippen molar-refractivity contribution in [2.24, 2.45) is 11.8 Å². The first-order valence-corrected chi connectivity index (χ1v) is 7.05. The molecule has 0 saturated heterocycles. The van der Waals surface area contributed by atoms with Crippen molar-refractivity contribution in [3.8, 4) is 0 Å². The molecule has 0 amide bonds. The Hall–Kier alpha value is -0.570. The minimum absolute atomic E-state index is 0.0407. The van der Waals surface area contributed by atoms with Crippen LogP contribution in [0.2, 0.25) is 0 Å². The van der Waals surface area contributed by atoms with Crippen molar-refractivity contribution in [3.05, 3.63) is 0 Å². The van der Waals surface area contributed by atoms with Gasteiger partial charge in [0, 0.05) is 12.6 Å². The quantitative estimate of drug-likeness (QED) is 0.727. The summed E-state index contributed by atoms with van der Waals surface area (Å²) in [7, 11) is 0. The molecular weight excluding hydrogens is 214 g/mol. The maximum Gasteiger partial charge on any atom is 0.309 e. The van der Waals surface area contributed by atoms with Crippen LogP contribution < -0.4 is 5.32 Å². The average Bonchev–Trinajstić information content (AvgIpc) is 2.36. The molecule has 0 heterocycles. The van der Waals surface area contributed by atoms with Crippen LogP contribution in [0, 0.1) is 11.8 Å². The average molecular weight is 241 g/mol. The first-order chi connectivity index (χ1) is 8.15. The topological polar surface area (TPSA) is 38.3 Å². The minimum Gasteiger partial charge on any atom is -0.466 e. The van der Waals surface area contributed by atoms with Crippen molar-refractivity contribution < 1.29 is 9.53 Å². The van der Waals surface area contributed by atoms with Crippen molar-refractivity contribution in [2.45, 2.75) is 58.9 Å². The molecule has 1 N–H and O–H groups in total. The second-order valence-corrected chi connectivity index (χ2v) is 5.25. The van der Waals surface area contributed by atoms with Crippen molar-refractivity contribution in [2.75, 3.05) is 13.2 Å². The third kappa shape index (κ3) is 5.07. The highest BCUT2D eigenvalue weighted by Crippen LogP contribution is 2.26. The van der Waals surface area contributed by atoms with Crippen LogP contribution in [0.25, 0.3) is 0 Å². The Balaban J connectivity index is 2.22. The monoisotopic (exact) mass is 241 g/mol. The summed E-state index contributed by atoms with van der Waals surface area (Å²) < 4.78 is 5.00. The van der Waals surface area contributed by atoms with E-state index >= 15 is 0 Å². The lowest BCUT2D eigenvalue weighted by Gasteiger charge is -2.29. The largest absolute Gasteiger partial charge is 0.466 e. The number of ether oxygens (including phenoxy) is 1. The van der Waals surface area contributed by atoms with Crippen LogP contribution in [0.5, 0.6) is 0 Å². The summed E-state index contributed by atoms with van der Waals surface area (Å²) in [4.78, 5) is 11.5. The Kier molecular flexibility index (Phi) is 6.56.